The summed E-state index contributed by atoms with van der Waals surface area (Å²) in [6.45, 7) is 0.302. The molecule has 5 nitrogen and oxygen atoms in total. The van der Waals surface area contributed by atoms with Crippen molar-refractivity contribution in [2.75, 3.05) is 5.32 Å². The highest BCUT2D eigenvalue weighted by atomic mass is 19.1. The molecule has 0 aliphatic rings. The van der Waals surface area contributed by atoms with E-state index < -0.39 is 0 Å². The van der Waals surface area contributed by atoms with Crippen molar-refractivity contribution in [1.82, 2.24) is 10.2 Å². The number of rotatable bonds is 4. The van der Waals surface area contributed by atoms with Gasteiger partial charge in [-0.3, -0.25) is 0 Å². The smallest absolute Gasteiger partial charge is 0.247 e. The predicted octanol–water partition coefficient (Wildman–Crippen LogP) is 3.19. The molecule has 1 aromatic heterocycles. The highest BCUT2D eigenvalue weighted by molar-refractivity contribution is 5.61. The van der Waals surface area contributed by atoms with E-state index in [-0.39, 0.29) is 11.6 Å². The molecule has 106 valence electrons. The zero-order valence-electron chi connectivity index (χ0n) is 11.0. The van der Waals surface area contributed by atoms with Crippen molar-refractivity contribution in [1.29, 1.82) is 0 Å². The maximum atomic E-state index is 13.2. The number of phenolic OH excluding ortho intramolecular Hbond substituents is 1. The number of anilines is 1. The average molecular weight is 285 g/mol. The fourth-order valence-electron chi connectivity index (χ4n) is 1.95. The van der Waals surface area contributed by atoms with Gasteiger partial charge in [-0.05, 0) is 36.4 Å². The van der Waals surface area contributed by atoms with Gasteiger partial charge in [0.1, 0.15) is 11.6 Å². The van der Waals surface area contributed by atoms with Crippen LogP contribution in [0.5, 0.6) is 5.75 Å². The minimum absolute atomic E-state index is 0.0527. The van der Waals surface area contributed by atoms with Crippen LogP contribution in [0.1, 0.15) is 5.56 Å². The lowest BCUT2D eigenvalue weighted by atomic mass is 10.1. The summed E-state index contributed by atoms with van der Waals surface area (Å²) < 4.78 is 18.3. The molecule has 0 aliphatic carbocycles. The molecule has 2 N–H and O–H groups in total. The molecule has 0 unspecified atom stereocenters. The molecular formula is C15H12FN3O2. The number of halogens is 1. The number of hydrogen-bond acceptors (Lipinski definition) is 5. The van der Waals surface area contributed by atoms with Crippen molar-refractivity contribution in [3.63, 3.8) is 0 Å². The van der Waals surface area contributed by atoms with E-state index in [1.807, 2.05) is 24.3 Å². The van der Waals surface area contributed by atoms with Crippen LogP contribution in [0.25, 0.3) is 11.5 Å². The molecule has 0 spiro atoms. The topological polar surface area (TPSA) is 71.2 Å². The fourth-order valence-corrected chi connectivity index (χ4v) is 1.95. The van der Waals surface area contributed by atoms with Crippen LogP contribution in [0, 0.1) is 5.82 Å². The summed E-state index contributed by atoms with van der Waals surface area (Å²) >= 11 is 0. The Bertz CT molecular complexity index is 744. The predicted molar refractivity (Wildman–Crippen MR) is 75.1 cm³/mol. The summed E-state index contributed by atoms with van der Waals surface area (Å²) in [4.78, 5) is 0. The van der Waals surface area contributed by atoms with Crippen LogP contribution in [0.15, 0.2) is 53.3 Å². The molecule has 0 saturated heterocycles. The highest BCUT2D eigenvalue weighted by Gasteiger charge is 2.06. The Morgan fingerprint density at radius 3 is 2.90 bits per heavy atom. The van der Waals surface area contributed by atoms with E-state index in [0.29, 0.717) is 18.0 Å². The molecule has 6 heteroatoms. The second-order valence-corrected chi connectivity index (χ2v) is 4.45. The standard InChI is InChI=1S/C15H12FN3O2/c16-12-4-5-14(20)11(6-12)8-17-13-3-1-2-10(7-13)15-19-18-9-21-15/h1-7,9,17,20H,8H2. The van der Waals surface area contributed by atoms with Crippen molar-refractivity contribution in [2.45, 2.75) is 6.54 Å². The van der Waals surface area contributed by atoms with Gasteiger partial charge >= 0.3 is 0 Å². The molecule has 3 rings (SSSR count). The number of phenols is 1. The SMILES string of the molecule is Oc1ccc(F)cc1CNc1cccc(-c2nnco2)c1. The Hall–Kier alpha value is -2.89. The Kier molecular flexibility index (Phi) is 3.51. The molecule has 0 amide bonds. The number of benzene rings is 2. The van der Waals surface area contributed by atoms with Crippen molar-refractivity contribution < 1.29 is 13.9 Å². The number of aromatic hydroxyl groups is 1. The minimum Gasteiger partial charge on any atom is -0.508 e. The summed E-state index contributed by atoms with van der Waals surface area (Å²) in [5, 5.41) is 20.3. The summed E-state index contributed by atoms with van der Waals surface area (Å²) in [7, 11) is 0. The maximum Gasteiger partial charge on any atom is 0.247 e. The largest absolute Gasteiger partial charge is 0.508 e. The van der Waals surface area contributed by atoms with Gasteiger partial charge in [0.2, 0.25) is 12.3 Å². The zero-order chi connectivity index (χ0) is 14.7. The van der Waals surface area contributed by atoms with Crippen molar-refractivity contribution in [3.8, 4) is 17.2 Å². The molecule has 0 fully saturated rings. The van der Waals surface area contributed by atoms with Crippen LogP contribution in [0.2, 0.25) is 0 Å². The van der Waals surface area contributed by atoms with E-state index >= 15 is 0 Å². The molecule has 0 atom stereocenters. The quantitative estimate of drug-likeness (QED) is 0.770. The Morgan fingerprint density at radius 1 is 1.19 bits per heavy atom. The third-order valence-corrected chi connectivity index (χ3v) is 2.99. The normalized spacial score (nSPS) is 10.5. The van der Waals surface area contributed by atoms with Crippen LogP contribution in [0.4, 0.5) is 10.1 Å². The molecular weight excluding hydrogens is 273 g/mol. The summed E-state index contributed by atoms with van der Waals surface area (Å²) in [6.07, 6.45) is 1.26. The fraction of sp³-hybridized carbons (Fsp3) is 0.0667. The summed E-state index contributed by atoms with van der Waals surface area (Å²) in [6, 6.07) is 11.2. The molecule has 21 heavy (non-hydrogen) atoms. The van der Waals surface area contributed by atoms with Crippen LogP contribution < -0.4 is 5.32 Å². The number of hydrogen-bond donors (Lipinski definition) is 2. The van der Waals surface area contributed by atoms with E-state index in [4.69, 9.17) is 4.42 Å². The number of nitrogens with one attached hydrogen (secondary N) is 1. The molecule has 1 heterocycles. The van der Waals surface area contributed by atoms with Crippen molar-refractivity contribution in [3.05, 3.63) is 60.2 Å². The van der Waals surface area contributed by atoms with Gasteiger partial charge in [-0.1, -0.05) is 6.07 Å². The van der Waals surface area contributed by atoms with Gasteiger partial charge in [0.15, 0.2) is 0 Å². The van der Waals surface area contributed by atoms with Gasteiger partial charge in [-0.25, -0.2) is 4.39 Å². The first-order valence-corrected chi connectivity index (χ1v) is 6.30. The minimum atomic E-state index is -0.385. The number of nitrogens with zero attached hydrogens (tertiary/aromatic N) is 2. The third-order valence-electron chi connectivity index (χ3n) is 2.99. The van der Waals surface area contributed by atoms with Crippen LogP contribution in [-0.4, -0.2) is 15.3 Å². The first kappa shape index (κ1) is 13.1. The van der Waals surface area contributed by atoms with Gasteiger partial charge in [0, 0.05) is 23.4 Å². The lowest BCUT2D eigenvalue weighted by Gasteiger charge is -2.09. The second-order valence-electron chi connectivity index (χ2n) is 4.45. The molecule has 2 aromatic carbocycles. The molecule has 0 aliphatic heterocycles. The van der Waals surface area contributed by atoms with Gasteiger partial charge in [-0.15, -0.1) is 10.2 Å². The van der Waals surface area contributed by atoms with Gasteiger partial charge in [-0.2, -0.15) is 0 Å². The summed E-state index contributed by atoms with van der Waals surface area (Å²) in [5.74, 6) is 0.0911. The lowest BCUT2D eigenvalue weighted by molar-refractivity contribution is 0.466. The first-order chi connectivity index (χ1) is 10.2. The van der Waals surface area contributed by atoms with Gasteiger partial charge in [0.25, 0.3) is 0 Å². The zero-order valence-corrected chi connectivity index (χ0v) is 11.0. The van der Waals surface area contributed by atoms with Crippen LogP contribution >= 0.6 is 0 Å². The van der Waals surface area contributed by atoms with E-state index in [1.54, 1.807) is 0 Å². The van der Waals surface area contributed by atoms with Crippen molar-refractivity contribution in [2.24, 2.45) is 0 Å². The highest BCUT2D eigenvalue weighted by Crippen LogP contribution is 2.22. The van der Waals surface area contributed by atoms with Gasteiger partial charge in [0.05, 0.1) is 0 Å². The van der Waals surface area contributed by atoms with E-state index in [9.17, 15) is 9.50 Å². The lowest BCUT2D eigenvalue weighted by Crippen LogP contribution is -2.00. The average Bonchev–Trinajstić information content (AvgIpc) is 3.03. The monoisotopic (exact) mass is 285 g/mol. The van der Waals surface area contributed by atoms with Crippen molar-refractivity contribution >= 4 is 5.69 Å². The maximum absolute atomic E-state index is 13.2. The van der Waals surface area contributed by atoms with Gasteiger partial charge < -0.3 is 14.8 Å². The van der Waals surface area contributed by atoms with Crippen LogP contribution in [-0.2, 0) is 6.54 Å². The van der Waals surface area contributed by atoms with Crippen LogP contribution in [0.3, 0.4) is 0 Å². The molecule has 0 saturated carbocycles. The number of aromatic nitrogens is 2. The van der Waals surface area contributed by atoms with E-state index in [1.165, 1.54) is 24.6 Å². The Morgan fingerprint density at radius 2 is 2.10 bits per heavy atom. The molecule has 0 radical (unpaired) electrons. The second kappa shape index (κ2) is 5.62. The summed E-state index contributed by atoms with van der Waals surface area (Å²) in [5.41, 5.74) is 2.06. The molecule has 3 aromatic rings. The van der Waals surface area contributed by atoms with E-state index in [2.05, 4.69) is 15.5 Å². The Labute approximate surface area is 120 Å². The van der Waals surface area contributed by atoms with E-state index in [0.717, 1.165) is 11.3 Å². The molecule has 0 bridgehead atoms. The first-order valence-electron chi connectivity index (χ1n) is 6.30. The Balaban J connectivity index is 1.76. The third kappa shape index (κ3) is 3.00.